The summed E-state index contributed by atoms with van der Waals surface area (Å²) in [5.74, 6) is 0. The van der Waals surface area contributed by atoms with Crippen molar-refractivity contribution in [3.63, 3.8) is 0 Å². The van der Waals surface area contributed by atoms with E-state index in [1.54, 1.807) is 23.9 Å². The Morgan fingerprint density at radius 3 is 2.53 bits per heavy atom. The van der Waals surface area contributed by atoms with Crippen LogP contribution in [0.3, 0.4) is 0 Å². The van der Waals surface area contributed by atoms with E-state index in [4.69, 9.17) is 0 Å². The predicted octanol–water partition coefficient (Wildman–Crippen LogP) is 2.32. The van der Waals surface area contributed by atoms with Gasteiger partial charge in [-0.05, 0) is 18.1 Å². The van der Waals surface area contributed by atoms with Crippen LogP contribution in [0.4, 0.5) is 0 Å². The Labute approximate surface area is 99.4 Å². The van der Waals surface area contributed by atoms with Crippen molar-refractivity contribution in [2.24, 2.45) is 0 Å². The summed E-state index contributed by atoms with van der Waals surface area (Å²) in [5, 5.41) is 0. The first-order valence-corrected chi connectivity index (χ1v) is 7.17. The molecule has 3 nitrogen and oxygen atoms in total. The molecule has 82 valence electrons. The van der Waals surface area contributed by atoms with Gasteiger partial charge in [0.2, 0.25) is 0 Å². The van der Waals surface area contributed by atoms with E-state index in [2.05, 4.69) is 57.2 Å². The van der Waals surface area contributed by atoms with Gasteiger partial charge in [-0.1, -0.05) is 54.2 Å². The zero-order valence-electron chi connectivity index (χ0n) is 8.88. The Morgan fingerprint density at radius 1 is 1.20 bits per heavy atom. The molecule has 0 aromatic heterocycles. The highest BCUT2D eigenvalue weighted by Gasteiger charge is 2.30. The van der Waals surface area contributed by atoms with E-state index in [0.717, 1.165) is 6.54 Å². The van der Waals surface area contributed by atoms with Crippen LogP contribution in [0.25, 0.3) is 0 Å². The Bertz CT molecular complexity index is 307. The molecular weight excluding hydrogens is 226 g/mol. The lowest BCUT2D eigenvalue weighted by Gasteiger charge is -2.19. The molecule has 1 aliphatic heterocycles. The third-order valence-electron chi connectivity index (χ3n) is 2.43. The summed E-state index contributed by atoms with van der Waals surface area (Å²) in [6.07, 6.45) is 4.17. The molecular formula is C10H15N3S2. The van der Waals surface area contributed by atoms with Gasteiger partial charge in [0.25, 0.3) is 0 Å². The number of hydrogen-bond acceptors (Lipinski definition) is 5. The first-order valence-electron chi connectivity index (χ1n) is 4.81. The molecule has 1 saturated heterocycles. The number of rotatable bonds is 3. The Kier molecular flexibility index (Phi) is 3.93. The van der Waals surface area contributed by atoms with Crippen molar-refractivity contribution in [3.8, 4) is 0 Å². The van der Waals surface area contributed by atoms with E-state index < -0.39 is 0 Å². The fourth-order valence-corrected chi connectivity index (χ4v) is 2.79. The van der Waals surface area contributed by atoms with Gasteiger partial charge in [-0.25, -0.2) is 0 Å². The highest BCUT2D eigenvalue weighted by molar-refractivity contribution is 7.97. The average molecular weight is 241 g/mol. The topological polar surface area (TPSA) is 18.5 Å². The molecule has 0 saturated carbocycles. The minimum absolute atomic E-state index is 0.425. The molecule has 1 N–H and O–H groups in total. The number of nitrogens with zero attached hydrogens (tertiary/aromatic N) is 2. The summed E-state index contributed by atoms with van der Waals surface area (Å²) in [6, 6.07) is 11.0. The summed E-state index contributed by atoms with van der Waals surface area (Å²) in [5.41, 5.74) is 4.69. The normalized spacial score (nSPS) is 23.5. The van der Waals surface area contributed by atoms with Crippen LogP contribution in [0.1, 0.15) is 11.6 Å². The largest absolute Gasteiger partial charge is 0.171 e. The van der Waals surface area contributed by atoms with Crippen LogP contribution in [0, 0.1) is 0 Å². The quantitative estimate of drug-likeness (QED) is 0.816. The lowest BCUT2D eigenvalue weighted by atomic mass is 10.1. The van der Waals surface area contributed by atoms with Crippen molar-refractivity contribution in [2.75, 3.05) is 19.1 Å². The maximum Gasteiger partial charge on any atom is 0.0771 e. The third kappa shape index (κ3) is 2.49. The van der Waals surface area contributed by atoms with Gasteiger partial charge in [-0.2, -0.15) is 14.4 Å². The zero-order chi connectivity index (χ0) is 10.7. The van der Waals surface area contributed by atoms with Crippen molar-refractivity contribution >= 4 is 23.9 Å². The summed E-state index contributed by atoms with van der Waals surface area (Å²) >= 11 is 3.44. The summed E-state index contributed by atoms with van der Waals surface area (Å²) in [7, 11) is 0. The standard InChI is InChI=1S/C10H15N3S2/c1-14-12-8-10(13(11-12)15-2)9-6-4-3-5-7-9/h3-7,10-11H,8H2,1-2H3. The lowest BCUT2D eigenvalue weighted by Crippen LogP contribution is -2.31. The summed E-state index contributed by atoms with van der Waals surface area (Å²) in [4.78, 5) is 0. The fourth-order valence-electron chi connectivity index (χ4n) is 1.65. The molecule has 0 bridgehead atoms. The second-order valence-corrected chi connectivity index (χ2v) is 4.84. The van der Waals surface area contributed by atoms with Gasteiger partial charge >= 0.3 is 0 Å². The minimum Gasteiger partial charge on any atom is -0.171 e. The van der Waals surface area contributed by atoms with E-state index in [-0.39, 0.29) is 0 Å². The molecule has 1 aromatic carbocycles. The summed E-state index contributed by atoms with van der Waals surface area (Å²) < 4.78 is 4.33. The van der Waals surface area contributed by atoms with Crippen LogP contribution in [0.5, 0.6) is 0 Å². The molecule has 5 heteroatoms. The molecule has 15 heavy (non-hydrogen) atoms. The lowest BCUT2D eigenvalue weighted by molar-refractivity contribution is 0.299. The molecule has 1 aliphatic rings. The van der Waals surface area contributed by atoms with Gasteiger partial charge in [0.1, 0.15) is 0 Å². The van der Waals surface area contributed by atoms with Gasteiger partial charge in [-0.15, -0.1) is 0 Å². The molecule has 1 fully saturated rings. The van der Waals surface area contributed by atoms with Gasteiger partial charge in [0.05, 0.1) is 6.04 Å². The van der Waals surface area contributed by atoms with Crippen LogP contribution in [0.15, 0.2) is 30.3 Å². The van der Waals surface area contributed by atoms with Gasteiger partial charge in [-0.3, -0.25) is 0 Å². The Balaban J connectivity index is 2.14. The van der Waals surface area contributed by atoms with Crippen LogP contribution in [-0.4, -0.2) is 27.9 Å². The number of benzene rings is 1. The molecule has 2 rings (SSSR count). The van der Waals surface area contributed by atoms with Crippen LogP contribution >= 0.6 is 23.9 Å². The van der Waals surface area contributed by atoms with E-state index in [1.807, 2.05) is 0 Å². The van der Waals surface area contributed by atoms with Crippen molar-refractivity contribution < 1.29 is 0 Å². The number of hydrogen-bond donors (Lipinski definition) is 1. The Hall–Kier alpha value is -0.200. The summed E-state index contributed by atoms with van der Waals surface area (Å²) in [6.45, 7) is 1.01. The number of hydrazine groups is 2. The van der Waals surface area contributed by atoms with Crippen LogP contribution < -0.4 is 5.53 Å². The molecule has 0 radical (unpaired) electrons. The van der Waals surface area contributed by atoms with Crippen molar-refractivity contribution in [3.05, 3.63) is 35.9 Å². The van der Waals surface area contributed by atoms with Gasteiger partial charge in [0.15, 0.2) is 0 Å². The number of nitrogens with one attached hydrogen (secondary N) is 1. The molecule has 0 aliphatic carbocycles. The van der Waals surface area contributed by atoms with Crippen molar-refractivity contribution in [1.29, 1.82) is 0 Å². The SMILES string of the molecule is CSN1CC(c2ccccc2)N(SC)N1. The molecule has 1 aromatic rings. The molecule has 1 heterocycles. The second-order valence-electron chi connectivity index (χ2n) is 3.28. The van der Waals surface area contributed by atoms with E-state index in [9.17, 15) is 0 Å². The smallest absolute Gasteiger partial charge is 0.0771 e. The fraction of sp³-hybridized carbons (Fsp3) is 0.400. The van der Waals surface area contributed by atoms with E-state index in [1.165, 1.54) is 5.56 Å². The van der Waals surface area contributed by atoms with Gasteiger partial charge < -0.3 is 0 Å². The van der Waals surface area contributed by atoms with Gasteiger partial charge in [0, 0.05) is 6.54 Å². The first-order chi connectivity index (χ1) is 7.35. The average Bonchev–Trinajstić information content (AvgIpc) is 2.73. The molecule has 0 spiro atoms. The zero-order valence-corrected chi connectivity index (χ0v) is 10.5. The maximum atomic E-state index is 3.33. The molecule has 1 unspecified atom stereocenters. The highest BCUT2D eigenvalue weighted by Crippen LogP contribution is 2.31. The first kappa shape index (κ1) is 11.3. The third-order valence-corrected chi connectivity index (χ3v) is 3.83. The Morgan fingerprint density at radius 2 is 1.93 bits per heavy atom. The molecule has 0 amide bonds. The monoisotopic (exact) mass is 241 g/mol. The van der Waals surface area contributed by atoms with E-state index >= 15 is 0 Å². The highest BCUT2D eigenvalue weighted by atomic mass is 32.2. The predicted molar refractivity (Wildman–Crippen MR) is 67.9 cm³/mol. The van der Waals surface area contributed by atoms with E-state index in [0.29, 0.717) is 6.04 Å². The van der Waals surface area contributed by atoms with Crippen LogP contribution in [0.2, 0.25) is 0 Å². The minimum atomic E-state index is 0.425. The molecule has 1 atom stereocenters. The van der Waals surface area contributed by atoms with Crippen LogP contribution in [-0.2, 0) is 0 Å². The maximum absolute atomic E-state index is 3.33. The van der Waals surface area contributed by atoms with Crippen molar-refractivity contribution in [1.82, 2.24) is 14.4 Å². The van der Waals surface area contributed by atoms with Crippen molar-refractivity contribution in [2.45, 2.75) is 6.04 Å². The second kappa shape index (κ2) is 5.23.